The van der Waals surface area contributed by atoms with Crippen LogP contribution < -0.4 is 5.32 Å². The van der Waals surface area contributed by atoms with Crippen molar-refractivity contribution in [2.45, 2.75) is 64.2 Å². The van der Waals surface area contributed by atoms with E-state index in [-0.39, 0.29) is 19.4 Å². The van der Waals surface area contributed by atoms with Crippen LogP contribution in [0.3, 0.4) is 0 Å². The number of nitrogens with zero attached hydrogens (tertiary/aromatic N) is 2. The van der Waals surface area contributed by atoms with Gasteiger partial charge in [0, 0.05) is 6.42 Å². The third-order valence-electron chi connectivity index (χ3n) is 4.02. The number of benzene rings is 1. The summed E-state index contributed by atoms with van der Waals surface area (Å²) in [6, 6.07) is 8.06. The van der Waals surface area contributed by atoms with E-state index in [0.29, 0.717) is 12.8 Å². The lowest BCUT2D eigenvalue weighted by Gasteiger charge is -2.23. The normalized spacial score (nSPS) is 12.7. The molecule has 13 heteroatoms. The number of amides is 1. The van der Waals surface area contributed by atoms with Crippen LogP contribution in [0.4, 0.5) is 4.79 Å². The van der Waals surface area contributed by atoms with Crippen molar-refractivity contribution in [1.82, 2.24) is 5.32 Å². The molecule has 1 rings (SSSR count). The molecule has 1 aromatic carbocycles. The Hall–Kier alpha value is -3.64. The number of carbonyl (C=O) groups excluding carboxylic acids is 2. The molecule has 0 radical (unpaired) electrons. The average molecular weight is 471 g/mol. The fraction of sp³-hybridized carbons (Fsp3) is 0.600. The highest BCUT2D eigenvalue weighted by Crippen LogP contribution is 2.11. The van der Waals surface area contributed by atoms with Gasteiger partial charge in [0.2, 0.25) is 0 Å². The maximum absolute atomic E-state index is 12.6. The molecule has 0 bridgehead atoms. The van der Waals surface area contributed by atoms with Crippen LogP contribution in [0.15, 0.2) is 30.3 Å². The molecular weight excluding hydrogens is 442 g/mol. The van der Waals surface area contributed by atoms with Gasteiger partial charge in [0.25, 0.3) is 10.2 Å². The minimum absolute atomic E-state index is 0.0264. The maximum atomic E-state index is 12.6. The zero-order chi connectivity index (χ0) is 24.9. The molecule has 0 aliphatic carbocycles. The number of esters is 1. The lowest BCUT2D eigenvalue weighted by atomic mass is 10.1. The second kappa shape index (κ2) is 13.7. The van der Waals surface area contributed by atoms with Gasteiger partial charge < -0.3 is 24.5 Å². The van der Waals surface area contributed by atoms with E-state index in [9.17, 15) is 29.8 Å². The quantitative estimate of drug-likeness (QED) is 0.184. The summed E-state index contributed by atoms with van der Waals surface area (Å²) < 4.78 is 10.5. The highest BCUT2D eigenvalue weighted by Gasteiger charge is 2.26. The van der Waals surface area contributed by atoms with Crippen LogP contribution in [0.1, 0.15) is 45.6 Å². The number of hydrogen-bond donors (Lipinski definition) is 1. The predicted octanol–water partition coefficient (Wildman–Crippen LogP) is 2.62. The summed E-state index contributed by atoms with van der Waals surface area (Å²) in [5.74, 6) is -0.667. The SMILES string of the molecule is CC(C)(C)OC(=O)NC(Cc1ccccc1)C(=O)OCCCC[C@H](CO[N+](=O)[O-])O[N+](=O)[O-]. The number of carbonyl (C=O) groups is 2. The van der Waals surface area contributed by atoms with Crippen LogP contribution >= 0.6 is 0 Å². The molecule has 2 atom stereocenters. The molecule has 184 valence electrons. The van der Waals surface area contributed by atoms with Crippen molar-refractivity contribution in [1.29, 1.82) is 0 Å². The second-order valence-electron chi connectivity index (χ2n) is 8.02. The molecule has 1 N–H and O–H groups in total. The summed E-state index contributed by atoms with van der Waals surface area (Å²) in [6.45, 7) is 4.48. The zero-order valence-electron chi connectivity index (χ0n) is 18.8. The molecule has 1 aromatic rings. The van der Waals surface area contributed by atoms with Gasteiger partial charge in [0.05, 0.1) is 6.61 Å². The summed E-state index contributed by atoms with van der Waals surface area (Å²) in [5, 5.41) is 21.1. The van der Waals surface area contributed by atoms with Crippen LogP contribution in [0.5, 0.6) is 0 Å². The van der Waals surface area contributed by atoms with E-state index < -0.39 is 46.6 Å². The van der Waals surface area contributed by atoms with E-state index in [2.05, 4.69) is 15.0 Å². The Bertz CT molecular complexity index is 782. The van der Waals surface area contributed by atoms with Gasteiger partial charge in [-0.3, -0.25) is 0 Å². The molecule has 0 aromatic heterocycles. The van der Waals surface area contributed by atoms with Crippen LogP contribution in [0.2, 0.25) is 0 Å². The summed E-state index contributed by atoms with van der Waals surface area (Å²) in [5.41, 5.74) is 0.0631. The molecule has 0 saturated carbocycles. The first-order valence-corrected chi connectivity index (χ1v) is 10.2. The Morgan fingerprint density at radius 3 is 2.30 bits per heavy atom. The van der Waals surface area contributed by atoms with Gasteiger partial charge in [-0.25, -0.2) is 9.59 Å². The van der Waals surface area contributed by atoms with Gasteiger partial charge in [-0.1, -0.05) is 30.3 Å². The minimum Gasteiger partial charge on any atom is -0.464 e. The third-order valence-corrected chi connectivity index (χ3v) is 4.02. The molecule has 0 spiro atoms. The van der Waals surface area contributed by atoms with Crippen molar-refractivity contribution < 1.29 is 38.9 Å². The number of nitrogens with one attached hydrogen (secondary N) is 1. The standard InChI is InChI=1S/C20H29N3O10/c1-20(2,3)32-19(25)21-17(13-15-9-5-4-6-10-15)18(24)30-12-8-7-11-16(33-23(28)29)14-31-22(26)27/h4-6,9-10,16-17H,7-8,11-14H2,1-3H3,(H,21,25)/t16-,17?/m1/s1. The fourth-order valence-corrected chi connectivity index (χ4v) is 2.67. The number of hydrogen-bond acceptors (Lipinski definition) is 10. The Balaban J connectivity index is 2.57. The van der Waals surface area contributed by atoms with E-state index in [1.54, 1.807) is 45.0 Å². The van der Waals surface area contributed by atoms with Gasteiger partial charge in [-0.05, 0) is 45.6 Å². The molecule has 33 heavy (non-hydrogen) atoms. The Morgan fingerprint density at radius 2 is 1.73 bits per heavy atom. The highest BCUT2D eigenvalue weighted by molar-refractivity contribution is 5.81. The van der Waals surface area contributed by atoms with Gasteiger partial charge in [0.1, 0.15) is 24.4 Å². The molecule has 0 fully saturated rings. The van der Waals surface area contributed by atoms with Crippen LogP contribution in [0.25, 0.3) is 0 Å². The number of ether oxygens (including phenoxy) is 2. The first-order chi connectivity index (χ1) is 15.5. The lowest BCUT2D eigenvalue weighted by Crippen LogP contribution is -2.45. The minimum atomic E-state index is -1.12. The van der Waals surface area contributed by atoms with Gasteiger partial charge in [0.15, 0.2) is 0 Å². The monoisotopic (exact) mass is 471 g/mol. The summed E-state index contributed by atoms with van der Waals surface area (Å²) >= 11 is 0. The fourth-order valence-electron chi connectivity index (χ4n) is 2.67. The molecule has 0 aliphatic rings. The predicted molar refractivity (Wildman–Crippen MR) is 113 cm³/mol. The van der Waals surface area contributed by atoms with Crippen LogP contribution in [-0.2, 0) is 30.4 Å². The third kappa shape index (κ3) is 13.4. The van der Waals surface area contributed by atoms with Gasteiger partial charge in [-0.15, -0.1) is 20.2 Å². The first kappa shape index (κ1) is 27.4. The summed E-state index contributed by atoms with van der Waals surface area (Å²) in [4.78, 5) is 53.9. The Morgan fingerprint density at radius 1 is 1.06 bits per heavy atom. The highest BCUT2D eigenvalue weighted by atomic mass is 17.0. The van der Waals surface area contributed by atoms with Gasteiger partial charge in [-0.2, -0.15) is 0 Å². The topological polar surface area (TPSA) is 169 Å². The second-order valence-corrected chi connectivity index (χ2v) is 8.02. The molecule has 0 aliphatic heterocycles. The Labute approximate surface area is 190 Å². The molecule has 0 saturated heterocycles. The van der Waals surface area contributed by atoms with Crippen molar-refractivity contribution in [3.8, 4) is 0 Å². The molecule has 1 amide bonds. The molecule has 0 heterocycles. The van der Waals surface area contributed by atoms with Crippen molar-refractivity contribution in [3.05, 3.63) is 56.1 Å². The number of unbranched alkanes of at least 4 members (excludes halogenated alkanes) is 1. The number of rotatable bonds is 14. The summed E-state index contributed by atoms with van der Waals surface area (Å²) in [6.07, 6.45) is -0.986. The van der Waals surface area contributed by atoms with Crippen molar-refractivity contribution in [2.75, 3.05) is 13.2 Å². The van der Waals surface area contributed by atoms with Gasteiger partial charge >= 0.3 is 12.1 Å². The largest absolute Gasteiger partial charge is 0.464 e. The van der Waals surface area contributed by atoms with E-state index >= 15 is 0 Å². The van der Waals surface area contributed by atoms with E-state index in [1.807, 2.05) is 6.07 Å². The molecule has 13 nitrogen and oxygen atoms in total. The van der Waals surface area contributed by atoms with Crippen molar-refractivity contribution >= 4 is 12.1 Å². The lowest BCUT2D eigenvalue weighted by molar-refractivity contribution is -0.790. The number of alkyl carbamates (subject to hydrolysis) is 1. The van der Waals surface area contributed by atoms with Crippen molar-refractivity contribution in [2.24, 2.45) is 0 Å². The van der Waals surface area contributed by atoms with E-state index in [1.165, 1.54) is 0 Å². The van der Waals surface area contributed by atoms with Crippen LogP contribution in [-0.4, -0.2) is 53.2 Å². The Kier molecular flexibility index (Phi) is 11.4. The maximum Gasteiger partial charge on any atom is 0.408 e. The van der Waals surface area contributed by atoms with E-state index in [4.69, 9.17) is 9.47 Å². The zero-order valence-corrected chi connectivity index (χ0v) is 18.8. The van der Waals surface area contributed by atoms with Crippen LogP contribution in [0, 0.1) is 20.2 Å². The van der Waals surface area contributed by atoms with Crippen molar-refractivity contribution in [3.63, 3.8) is 0 Å². The molecule has 1 unspecified atom stereocenters. The smallest absolute Gasteiger partial charge is 0.408 e. The van der Waals surface area contributed by atoms with E-state index in [0.717, 1.165) is 5.56 Å². The first-order valence-electron chi connectivity index (χ1n) is 10.2. The summed E-state index contributed by atoms with van der Waals surface area (Å²) in [7, 11) is 0. The molecular formula is C20H29N3O10. The average Bonchev–Trinajstić information content (AvgIpc) is 2.69.